The van der Waals surface area contributed by atoms with Crippen molar-refractivity contribution in [3.63, 3.8) is 0 Å². The number of aliphatic hydroxyl groups is 1. The lowest BCUT2D eigenvalue weighted by atomic mass is 9.77. The highest BCUT2D eigenvalue weighted by molar-refractivity contribution is 5.95. The lowest BCUT2D eigenvalue weighted by molar-refractivity contribution is -0.272. The summed E-state index contributed by atoms with van der Waals surface area (Å²) in [6, 6.07) is 3.11. The molecule has 3 rings (SSSR count). The summed E-state index contributed by atoms with van der Waals surface area (Å²) in [6.45, 7) is 1.28. The Morgan fingerprint density at radius 3 is 2.51 bits per heavy atom. The molecule has 1 aromatic carbocycles. The third-order valence-corrected chi connectivity index (χ3v) is 6.46. The van der Waals surface area contributed by atoms with E-state index in [-0.39, 0.29) is 16.9 Å². The smallest absolute Gasteiger partial charge is 0.417 e. The van der Waals surface area contributed by atoms with Gasteiger partial charge in [-0.25, -0.2) is 9.18 Å². The van der Waals surface area contributed by atoms with E-state index in [1.165, 1.54) is 25.3 Å². The molecule has 4 N–H and O–H groups in total. The zero-order valence-electron chi connectivity index (χ0n) is 19.8. The van der Waals surface area contributed by atoms with Crippen molar-refractivity contribution in [2.24, 2.45) is 5.92 Å². The van der Waals surface area contributed by atoms with Gasteiger partial charge in [-0.1, -0.05) is 13.0 Å². The largest absolute Gasteiger partial charge is 0.493 e. The summed E-state index contributed by atoms with van der Waals surface area (Å²) in [7, 11) is 1.01. The van der Waals surface area contributed by atoms with Gasteiger partial charge in [0.2, 0.25) is 5.82 Å². The number of halogens is 5. The molecule has 1 fully saturated rings. The van der Waals surface area contributed by atoms with Crippen LogP contribution in [-0.4, -0.2) is 58.8 Å². The molecule has 1 saturated heterocycles. The third-order valence-electron chi connectivity index (χ3n) is 6.46. The van der Waals surface area contributed by atoms with E-state index in [1.807, 2.05) is 5.32 Å². The Morgan fingerprint density at radius 1 is 1.27 bits per heavy atom. The van der Waals surface area contributed by atoms with Gasteiger partial charge in [-0.15, -0.1) is 0 Å². The Bertz CT molecular complexity index is 1180. The van der Waals surface area contributed by atoms with Crippen LogP contribution in [0.2, 0.25) is 0 Å². The molecule has 2 amide bonds. The predicted molar refractivity (Wildman–Crippen MR) is 118 cm³/mol. The molecule has 0 saturated carbocycles. The van der Waals surface area contributed by atoms with Crippen LogP contribution in [-0.2, 0) is 9.53 Å². The number of carboxylic acid groups (broad SMARTS) is 1. The molecule has 14 heteroatoms. The van der Waals surface area contributed by atoms with Crippen molar-refractivity contribution in [2.45, 2.75) is 43.7 Å². The average Bonchev–Trinajstić information content (AvgIpc) is 3.11. The van der Waals surface area contributed by atoms with Crippen LogP contribution in [0, 0.1) is 17.6 Å². The van der Waals surface area contributed by atoms with Gasteiger partial charge in [0.15, 0.2) is 17.2 Å². The summed E-state index contributed by atoms with van der Waals surface area (Å²) in [4.78, 5) is 28.1. The number of alkyl halides is 3. The number of nitrogens with zero attached hydrogens (tertiary/aromatic N) is 1. The number of rotatable bonds is 7. The van der Waals surface area contributed by atoms with E-state index in [9.17, 15) is 36.6 Å². The van der Waals surface area contributed by atoms with E-state index >= 15 is 0 Å². The molecule has 37 heavy (non-hydrogen) atoms. The van der Waals surface area contributed by atoms with E-state index in [0.717, 1.165) is 26.2 Å². The highest BCUT2D eigenvalue weighted by Crippen LogP contribution is 2.55. The highest BCUT2D eigenvalue weighted by atomic mass is 19.4. The topological polar surface area (TPSA) is 130 Å². The Morgan fingerprint density at radius 2 is 1.95 bits per heavy atom. The predicted octanol–water partition coefficient (Wildman–Crippen LogP) is 3.75. The van der Waals surface area contributed by atoms with Gasteiger partial charge in [0.05, 0.1) is 25.5 Å². The van der Waals surface area contributed by atoms with Crippen LogP contribution in [0.4, 0.5) is 32.4 Å². The summed E-state index contributed by atoms with van der Waals surface area (Å²) in [5, 5.41) is 22.8. The van der Waals surface area contributed by atoms with Crippen LogP contribution in [0.25, 0.3) is 0 Å². The maximum absolute atomic E-state index is 14.4. The molecule has 202 valence electrons. The van der Waals surface area contributed by atoms with Crippen molar-refractivity contribution < 1.29 is 51.2 Å². The van der Waals surface area contributed by atoms with Gasteiger partial charge >= 0.3 is 12.3 Å². The van der Waals surface area contributed by atoms with Gasteiger partial charge in [-0.05, 0) is 25.1 Å². The first-order chi connectivity index (χ1) is 17.2. The van der Waals surface area contributed by atoms with Gasteiger partial charge in [0.1, 0.15) is 6.10 Å². The molecule has 2 heterocycles. The van der Waals surface area contributed by atoms with Gasteiger partial charge in [-0.2, -0.15) is 17.6 Å². The summed E-state index contributed by atoms with van der Waals surface area (Å²) in [6.07, 6.45) is -7.00. The zero-order valence-corrected chi connectivity index (χ0v) is 19.8. The lowest BCUT2D eigenvalue weighted by Crippen LogP contribution is -2.47. The Labute approximate surface area is 207 Å². The van der Waals surface area contributed by atoms with Gasteiger partial charge in [0.25, 0.3) is 5.91 Å². The first kappa shape index (κ1) is 28.1. The molecular formula is C23H24F5N3O6. The van der Waals surface area contributed by atoms with E-state index in [2.05, 4.69) is 10.3 Å². The van der Waals surface area contributed by atoms with Crippen molar-refractivity contribution in [1.82, 2.24) is 10.3 Å². The van der Waals surface area contributed by atoms with Crippen LogP contribution in [0.3, 0.4) is 0 Å². The Hall–Kier alpha value is -3.52. The second kappa shape index (κ2) is 10.5. The normalized spacial score (nSPS) is 24.4. The van der Waals surface area contributed by atoms with Crippen LogP contribution in [0.15, 0.2) is 30.5 Å². The summed E-state index contributed by atoms with van der Waals surface area (Å²) >= 11 is 0. The monoisotopic (exact) mass is 533 g/mol. The average molecular weight is 533 g/mol. The van der Waals surface area contributed by atoms with E-state index in [1.54, 1.807) is 0 Å². The summed E-state index contributed by atoms with van der Waals surface area (Å²) < 4.78 is 80.6. The van der Waals surface area contributed by atoms with Crippen molar-refractivity contribution in [3.8, 4) is 5.75 Å². The minimum absolute atomic E-state index is 0.00788. The fourth-order valence-corrected chi connectivity index (χ4v) is 4.33. The van der Waals surface area contributed by atoms with Crippen molar-refractivity contribution in [2.75, 3.05) is 19.0 Å². The van der Waals surface area contributed by atoms with Crippen LogP contribution < -0.4 is 15.4 Å². The van der Waals surface area contributed by atoms with Gasteiger partial charge < -0.3 is 30.3 Å². The van der Waals surface area contributed by atoms with Gasteiger partial charge in [0, 0.05) is 29.3 Å². The minimum Gasteiger partial charge on any atom is -0.493 e. The number of nitrogens with one attached hydrogen (secondary N) is 2. The fraction of sp³-hybridized carbons (Fsp3) is 0.435. The molecule has 0 aliphatic carbocycles. The third kappa shape index (κ3) is 5.30. The molecule has 0 bridgehead atoms. The number of anilines is 1. The number of hydrogen-bond donors (Lipinski definition) is 4. The standard InChI is InChI=1S/C23H24F5N3O6/c1-10-16(12-4-5-13(24)17(25)18(12)36-3)19(37-22(10,2)23(26,27)28)20(33)30-11-6-7-29-14(8-11)15(9-32)31-21(34)35/h4-8,10,15-16,19,31-32H,9H2,1-3H3,(H,34,35)(H,29,30,33)/t10-,15+,16-,19+,22+/m0/s1. The first-order valence-corrected chi connectivity index (χ1v) is 10.9. The van der Waals surface area contributed by atoms with Crippen LogP contribution in [0.5, 0.6) is 5.75 Å². The molecule has 0 radical (unpaired) electrons. The lowest BCUT2D eigenvalue weighted by Gasteiger charge is -2.32. The highest BCUT2D eigenvalue weighted by Gasteiger charge is 2.65. The Kier molecular flexibility index (Phi) is 7.93. The van der Waals surface area contributed by atoms with E-state index < -0.39 is 71.8 Å². The van der Waals surface area contributed by atoms with Crippen molar-refractivity contribution >= 4 is 17.7 Å². The molecule has 1 aliphatic rings. The van der Waals surface area contributed by atoms with Crippen molar-refractivity contribution in [1.29, 1.82) is 0 Å². The molecule has 5 atom stereocenters. The SMILES string of the molecule is COc1c([C@H]2[C@H](C(=O)Nc3ccnc([C@@H](CO)NC(=O)O)c3)O[C@@](C)(C(F)(F)F)[C@H]2C)ccc(F)c1F. The molecule has 1 aliphatic heterocycles. The zero-order chi connectivity index (χ0) is 27.7. The van der Waals surface area contributed by atoms with Crippen LogP contribution >= 0.6 is 0 Å². The van der Waals surface area contributed by atoms with Gasteiger partial charge in [-0.3, -0.25) is 9.78 Å². The quantitative estimate of drug-likeness (QED) is 0.399. The summed E-state index contributed by atoms with van der Waals surface area (Å²) in [5.74, 6) is -7.25. The fourth-order valence-electron chi connectivity index (χ4n) is 4.33. The minimum atomic E-state index is -4.92. The number of carbonyl (C=O) groups is 2. The summed E-state index contributed by atoms with van der Waals surface area (Å²) in [5.41, 5.74) is -2.99. The maximum Gasteiger partial charge on any atom is 0.417 e. The Balaban J connectivity index is 2.02. The number of amides is 2. The molecular weight excluding hydrogens is 509 g/mol. The second-order valence-electron chi connectivity index (χ2n) is 8.58. The first-order valence-electron chi connectivity index (χ1n) is 10.9. The number of aliphatic hydroxyl groups excluding tert-OH is 1. The number of pyridine rings is 1. The molecule has 9 nitrogen and oxygen atoms in total. The van der Waals surface area contributed by atoms with E-state index in [0.29, 0.717) is 0 Å². The number of carbonyl (C=O) groups excluding carboxylic acids is 1. The molecule has 2 aromatic rings. The number of aromatic nitrogens is 1. The maximum atomic E-state index is 14.4. The van der Waals surface area contributed by atoms with E-state index in [4.69, 9.17) is 14.6 Å². The van der Waals surface area contributed by atoms with Crippen molar-refractivity contribution in [3.05, 3.63) is 53.4 Å². The van der Waals surface area contributed by atoms with Crippen LogP contribution in [0.1, 0.15) is 37.1 Å². The molecule has 0 unspecified atom stereocenters. The second-order valence-corrected chi connectivity index (χ2v) is 8.58. The number of hydrogen-bond acceptors (Lipinski definition) is 6. The number of methoxy groups -OCH3 is 1. The number of benzene rings is 1. The molecule has 1 aromatic heterocycles. The number of ether oxygens (including phenoxy) is 2. The molecule has 0 spiro atoms.